The Morgan fingerprint density at radius 2 is 2.21 bits per heavy atom. The van der Waals surface area contributed by atoms with Crippen LogP contribution < -0.4 is 0 Å². The molecule has 1 aliphatic heterocycles. The van der Waals surface area contributed by atoms with Crippen molar-refractivity contribution in [3.8, 4) is 0 Å². The molecular formula is C19H24F3N5S. The van der Waals surface area contributed by atoms with Gasteiger partial charge in [0, 0.05) is 55.6 Å². The predicted molar refractivity (Wildman–Crippen MR) is 110 cm³/mol. The van der Waals surface area contributed by atoms with Gasteiger partial charge in [-0.1, -0.05) is 6.08 Å². The summed E-state index contributed by atoms with van der Waals surface area (Å²) in [5.74, 6) is 1.37. The molecular weight excluding hydrogens is 387 g/mol. The minimum Gasteiger partial charge on any atom is -0.343 e. The Labute approximate surface area is 167 Å². The fourth-order valence-electron chi connectivity index (χ4n) is 2.68. The van der Waals surface area contributed by atoms with Crippen LogP contribution in [0.25, 0.3) is 0 Å². The second-order valence-electron chi connectivity index (χ2n) is 6.18. The van der Waals surface area contributed by atoms with Gasteiger partial charge in [-0.05, 0) is 12.1 Å². The van der Waals surface area contributed by atoms with Gasteiger partial charge >= 0.3 is 6.18 Å². The Morgan fingerprint density at radius 3 is 2.89 bits per heavy atom. The fraction of sp³-hybridized carbons (Fsp3) is 0.474. The van der Waals surface area contributed by atoms with Crippen LogP contribution in [0.2, 0.25) is 0 Å². The molecule has 0 amide bonds. The molecule has 1 aromatic rings. The highest BCUT2D eigenvalue weighted by molar-refractivity contribution is 7.99. The summed E-state index contributed by atoms with van der Waals surface area (Å²) in [5, 5.41) is 8.38. The van der Waals surface area contributed by atoms with Crippen molar-refractivity contribution in [1.82, 2.24) is 9.88 Å². The van der Waals surface area contributed by atoms with Crippen LogP contribution in [-0.4, -0.2) is 64.5 Å². The number of hydrogen-bond acceptors (Lipinski definition) is 6. The summed E-state index contributed by atoms with van der Waals surface area (Å²) < 4.78 is 36.8. The van der Waals surface area contributed by atoms with Crippen LogP contribution in [0.3, 0.4) is 0 Å². The first-order chi connectivity index (χ1) is 13.4. The Hall–Kier alpha value is -2.16. The highest BCUT2D eigenvalue weighted by atomic mass is 32.2. The summed E-state index contributed by atoms with van der Waals surface area (Å²) in [4.78, 5) is 15.0. The highest BCUT2D eigenvalue weighted by Gasteiger charge is 2.27. The molecule has 1 N–H and O–H groups in total. The van der Waals surface area contributed by atoms with Gasteiger partial charge < -0.3 is 10.3 Å². The molecule has 1 atom stereocenters. The number of aromatic nitrogens is 1. The standard InChI is InChI=1S/C19H24F3N5S/c1-2-10-27-17(14-26-15-4-3-8-24-13-15)16(23)5-9-25-18(27)6-11-28-12-7-19(20,21)22/h2-4,8,13-14,17,23H,1,5-7,9-12H2. The third kappa shape index (κ3) is 7.46. The number of rotatable bonds is 9. The summed E-state index contributed by atoms with van der Waals surface area (Å²) in [5.41, 5.74) is 1.19. The normalized spacial score (nSPS) is 18.2. The SMILES string of the molecule is C=CCN1C(CCSCCC(F)(F)F)=NCCC(=N)C1C=Nc1cccnc1. The molecule has 0 aliphatic carbocycles. The van der Waals surface area contributed by atoms with E-state index in [2.05, 4.69) is 21.5 Å². The predicted octanol–water partition coefficient (Wildman–Crippen LogP) is 4.54. The van der Waals surface area contributed by atoms with Crippen LogP contribution in [0.15, 0.2) is 47.2 Å². The largest absolute Gasteiger partial charge is 0.389 e. The molecule has 5 nitrogen and oxygen atoms in total. The van der Waals surface area contributed by atoms with Crippen molar-refractivity contribution < 1.29 is 13.2 Å². The van der Waals surface area contributed by atoms with Crippen molar-refractivity contribution in [2.24, 2.45) is 9.98 Å². The fourth-order valence-corrected chi connectivity index (χ4v) is 3.59. The van der Waals surface area contributed by atoms with Gasteiger partial charge in [0.1, 0.15) is 11.9 Å². The third-order valence-corrected chi connectivity index (χ3v) is 5.02. The molecule has 0 saturated carbocycles. The molecule has 0 bridgehead atoms. The molecule has 0 radical (unpaired) electrons. The average Bonchev–Trinajstić information content (AvgIpc) is 2.79. The Morgan fingerprint density at radius 1 is 1.39 bits per heavy atom. The molecule has 1 aromatic heterocycles. The van der Waals surface area contributed by atoms with Crippen molar-refractivity contribution in [2.45, 2.75) is 31.5 Å². The molecule has 1 unspecified atom stereocenters. The van der Waals surface area contributed by atoms with Gasteiger partial charge in [-0.25, -0.2) is 0 Å². The summed E-state index contributed by atoms with van der Waals surface area (Å²) in [6.45, 7) is 4.76. The minimum absolute atomic E-state index is 0.0416. The monoisotopic (exact) mass is 411 g/mol. The van der Waals surface area contributed by atoms with E-state index in [1.807, 2.05) is 11.0 Å². The van der Waals surface area contributed by atoms with E-state index in [0.29, 0.717) is 43.1 Å². The average molecular weight is 411 g/mol. The van der Waals surface area contributed by atoms with Gasteiger partial charge in [0.2, 0.25) is 0 Å². The number of pyridine rings is 1. The second-order valence-corrected chi connectivity index (χ2v) is 7.40. The van der Waals surface area contributed by atoms with Gasteiger partial charge in [0.15, 0.2) is 0 Å². The summed E-state index contributed by atoms with van der Waals surface area (Å²) in [6, 6.07) is 3.26. The van der Waals surface area contributed by atoms with Crippen LogP contribution >= 0.6 is 11.8 Å². The van der Waals surface area contributed by atoms with E-state index in [4.69, 9.17) is 5.41 Å². The summed E-state index contributed by atoms with van der Waals surface area (Å²) in [7, 11) is 0. The number of alkyl halides is 3. The van der Waals surface area contributed by atoms with Gasteiger partial charge in [-0.3, -0.25) is 15.0 Å². The summed E-state index contributed by atoms with van der Waals surface area (Å²) >= 11 is 1.26. The molecule has 0 saturated heterocycles. The molecule has 1 aliphatic rings. The van der Waals surface area contributed by atoms with Crippen LogP contribution in [0.1, 0.15) is 19.3 Å². The van der Waals surface area contributed by atoms with Crippen molar-refractivity contribution in [3.63, 3.8) is 0 Å². The number of nitrogens with one attached hydrogen (secondary N) is 1. The molecule has 0 spiro atoms. The molecule has 28 heavy (non-hydrogen) atoms. The number of halogens is 3. The van der Waals surface area contributed by atoms with Crippen molar-refractivity contribution in [3.05, 3.63) is 37.2 Å². The number of hydrogen-bond donors (Lipinski definition) is 1. The third-order valence-electron chi connectivity index (χ3n) is 4.04. The smallest absolute Gasteiger partial charge is 0.343 e. The van der Waals surface area contributed by atoms with E-state index in [9.17, 15) is 13.2 Å². The first-order valence-electron chi connectivity index (χ1n) is 8.97. The van der Waals surface area contributed by atoms with Crippen LogP contribution in [0.4, 0.5) is 18.9 Å². The number of aliphatic imine (C=N–C) groups is 2. The number of nitrogens with zero attached hydrogens (tertiary/aromatic N) is 4. The van der Waals surface area contributed by atoms with Crippen LogP contribution in [-0.2, 0) is 0 Å². The molecule has 2 heterocycles. The first-order valence-corrected chi connectivity index (χ1v) is 10.1. The van der Waals surface area contributed by atoms with Gasteiger partial charge in [-0.15, -0.1) is 6.58 Å². The molecule has 0 fully saturated rings. The lowest BCUT2D eigenvalue weighted by molar-refractivity contribution is -0.129. The number of thioether (sulfide) groups is 1. The Balaban J connectivity index is 2.05. The van der Waals surface area contributed by atoms with E-state index >= 15 is 0 Å². The van der Waals surface area contributed by atoms with Gasteiger partial charge in [0.25, 0.3) is 0 Å². The zero-order valence-electron chi connectivity index (χ0n) is 15.5. The quantitative estimate of drug-likeness (QED) is 0.369. The lowest BCUT2D eigenvalue weighted by Crippen LogP contribution is -2.45. The zero-order valence-corrected chi connectivity index (χ0v) is 16.3. The molecule has 152 valence electrons. The summed E-state index contributed by atoms with van der Waals surface area (Å²) in [6.07, 6.45) is 2.90. The first kappa shape index (κ1) is 22.1. The maximum Gasteiger partial charge on any atom is 0.389 e. The van der Waals surface area contributed by atoms with E-state index in [0.717, 1.165) is 5.84 Å². The van der Waals surface area contributed by atoms with E-state index < -0.39 is 12.6 Å². The molecule has 0 aromatic carbocycles. The van der Waals surface area contributed by atoms with Gasteiger partial charge in [0.05, 0.1) is 18.3 Å². The van der Waals surface area contributed by atoms with E-state index in [1.165, 1.54) is 11.8 Å². The Kier molecular flexibility index (Phi) is 8.69. The van der Waals surface area contributed by atoms with Crippen molar-refractivity contribution >= 4 is 35.2 Å². The lowest BCUT2D eigenvalue weighted by Gasteiger charge is -2.30. The zero-order chi connectivity index (χ0) is 20.4. The highest BCUT2D eigenvalue weighted by Crippen LogP contribution is 2.23. The second kappa shape index (κ2) is 11.0. The molecule has 2 rings (SSSR count). The minimum atomic E-state index is -4.12. The Bertz CT molecular complexity index is 703. The van der Waals surface area contributed by atoms with Crippen LogP contribution in [0, 0.1) is 5.41 Å². The number of amidine groups is 1. The maximum absolute atomic E-state index is 12.3. The maximum atomic E-state index is 12.3. The lowest BCUT2D eigenvalue weighted by atomic mass is 10.1. The molecule has 9 heteroatoms. The van der Waals surface area contributed by atoms with E-state index in [1.54, 1.807) is 30.8 Å². The topological polar surface area (TPSA) is 64.7 Å². The van der Waals surface area contributed by atoms with Crippen molar-refractivity contribution in [2.75, 3.05) is 24.6 Å². The van der Waals surface area contributed by atoms with Crippen LogP contribution in [0.5, 0.6) is 0 Å². The van der Waals surface area contributed by atoms with E-state index in [-0.39, 0.29) is 11.8 Å². The van der Waals surface area contributed by atoms with Gasteiger partial charge in [-0.2, -0.15) is 24.9 Å². The van der Waals surface area contributed by atoms with Crippen molar-refractivity contribution in [1.29, 1.82) is 5.41 Å².